The first kappa shape index (κ1) is 18.2. The monoisotopic (exact) mass is 415 g/mol. The number of hydrogen-bond acceptors (Lipinski definition) is 5. The highest BCUT2D eigenvalue weighted by Gasteiger charge is 2.29. The maximum Gasteiger partial charge on any atom is 0.202 e. The van der Waals surface area contributed by atoms with Gasteiger partial charge in [0.25, 0.3) is 0 Å². The van der Waals surface area contributed by atoms with Crippen LogP contribution in [0.1, 0.15) is 15.9 Å². The van der Waals surface area contributed by atoms with E-state index in [9.17, 15) is 9.90 Å². The molecule has 3 rings (SSSR count). The molecule has 1 aliphatic carbocycles. The smallest absolute Gasteiger partial charge is 0.202 e. The van der Waals surface area contributed by atoms with Crippen LogP contribution < -0.4 is 15.5 Å². The Morgan fingerprint density at radius 2 is 1.88 bits per heavy atom. The third-order valence-electron chi connectivity index (χ3n) is 4.21. The lowest BCUT2D eigenvalue weighted by Crippen LogP contribution is -2.34. The van der Waals surface area contributed by atoms with E-state index in [2.05, 4.69) is 42.4 Å². The highest BCUT2D eigenvalue weighted by molar-refractivity contribution is 9.12. The van der Waals surface area contributed by atoms with E-state index < -0.39 is 0 Å². The molecule has 0 aliphatic heterocycles. The molecule has 1 aliphatic rings. The van der Waals surface area contributed by atoms with Crippen molar-refractivity contribution in [3.05, 3.63) is 52.0 Å². The third kappa shape index (κ3) is 3.11. The topological polar surface area (TPSA) is 99.2 Å². The zero-order valence-electron chi connectivity index (χ0n) is 14.7. The number of phenols is 1. The second-order valence-corrected chi connectivity index (χ2v) is 7.89. The lowest BCUT2D eigenvalue weighted by molar-refractivity contribution is 0.104. The maximum absolute atomic E-state index is 12.3. The maximum atomic E-state index is 12.3. The molecule has 2 aromatic carbocycles. The lowest BCUT2D eigenvalue weighted by Gasteiger charge is -2.24. The average molecular weight is 416 g/mol. The number of benzene rings is 2. The molecule has 5 N–H and O–H groups in total. The number of ketones is 1. The third-order valence-corrected chi connectivity index (χ3v) is 4.80. The summed E-state index contributed by atoms with van der Waals surface area (Å²) >= 11 is 3.14. The van der Waals surface area contributed by atoms with Crippen molar-refractivity contribution in [1.29, 1.82) is 5.41 Å². The highest BCUT2D eigenvalue weighted by atomic mass is 79.9. The van der Waals surface area contributed by atoms with E-state index in [-0.39, 0.29) is 38.5 Å². The molecule has 26 heavy (non-hydrogen) atoms. The van der Waals surface area contributed by atoms with Gasteiger partial charge in [-0.15, -0.1) is 0 Å². The van der Waals surface area contributed by atoms with Gasteiger partial charge in [0, 0.05) is 17.4 Å². The van der Waals surface area contributed by atoms with Gasteiger partial charge in [-0.2, -0.15) is 0 Å². The summed E-state index contributed by atoms with van der Waals surface area (Å²) < 4.78 is 0.892. The lowest BCUT2D eigenvalue weighted by atomic mass is 9.91. The van der Waals surface area contributed by atoms with Gasteiger partial charge < -0.3 is 21.6 Å². The van der Waals surface area contributed by atoms with Crippen LogP contribution in [0.3, 0.4) is 0 Å². The fraction of sp³-hybridized carbons (Fsp3) is 0.158. The van der Waals surface area contributed by atoms with Crippen LogP contribution >= 0.6 is 15.9 Å². The molecule has 0 saturated carbocycles. The molecule has 0 fully saturated rings. The molecular weight excluding hydrogens is 396 g/mol. The van der Waals surface area contributed by atoms with E-state index in [1.807, 2.05) is 24.3 Å². The molecular formula is C19H20BrN4O2+. The van der Waals surface area contributed by atoms with Crippen molar-refractivity contribution in [3.8, 4) is 5.75 Å². The van der Waals surface area contributed by atoms with Crippen molar-refractivity contribution < 1.29 is 9.90 Å². The van der Waals surface area contributed by atoms with Crippen LogP contribution in [0, 0.1) is 5.41 Å². The normalized spacial score (nSPS) is 14.1. The van der Waals surface area contributed by atoms with Crippen LogP contribution in [0.15, 0.2) is 40.9 Å². The van der Waals surface area contributed by atoms with Crippen molar-refractivity contribution >= 4 is 50.2 Å². The summed E-state index contributed by atoms with van der Waals surface area (Å²) in [6, 6.07) is 9.31. The number of aromatic hydroxyl groups is 1. The summed E-state index contributed by atoms with van der Waals surface area (Å²) in [4.78, 5) is 12.3. The number of Topliss-reactive ketones (excluding diaryl/α,β-unsaturated/α-hetero) is 1. The fourth-order valence-electron chi connectivity index (χ4n) is 2.84. The molecule has 0 heterocycles. The number of phenolic OH excluding ortho intramolecular Hbond substituents is 1. The second kappa shape index (κ2) is 6.26. The summed E-state index contributed by atoms with van der Waals surface area (Å²) in [6.07, 6.45) is 1.37. The van der Waals surface area contributed by atoms with Gasteiger partial charge in [-0.1, -0.05) is 6.07 Å². The summed E-state index contributed by atoms with van der Waals surface area (Å²) in [6.45, 7) is 0. The Bertz CT molecular complexity index is 974. The number of carbonyl (C=O) groups is 1. The summed E-state index contributed by atoms with van der Waals surface area (Å²) in [7, 11) is 6.18. The Hall–Kier alpha value is -2.64. The number of carbonyl (C=O) groups excluding carboxylic acids is 1. The number of quaternary nitrogens is 1. The standard InChI is InChI=1S/C19H19BrN4O2/c1-24(2,3)11-6-4-5-10(7-11)23-15-9-14(22)16-17(19(15)26)13(21)8-12(20)18(16)25/h4-9H,1-3H3,(H4-,21,22,23,25,26)/p+1. The molecule has 7 heteroatoms. The second-order valence-electron chi connectivity index (χ2n) is 7.03. The Labute approximate surface area is 160 Å². The zero-order valence-corrected chi connectivity index (χ0v) is 16.3. The molecule has 134 valence electrons. The Balaban J connectivity index is 2.08. The predicted molar refractivity (Wildman–Crippen MR) is 110 cm³/mol. The number of hydrogen-bond donors (Lipinski definition) is 4. The number of anilines is 3. The van der Waals surface area contributed by atoms with Crippen LogP contribution in [0.2, 0.25) is 0 Å². The summed E-state index contributed by atoms with van der Waals surface area (Å²) in [5.74, 6) is -0.512. The molecule has 0 atom stereocenters. The zero-order chi connectivity index (χ0) is 19.2. The molecule has 0 unspecified atom stereocenters. The number of rotatable bonds is 3. The Kier molecular flexibility index (Phi) is 4.37. The van der Waals surface area contributed by atoms with Crippen molar-refractivity contribution in [3.63, 3.8) is 0 Å². The van der Waals surface area contributed by atoms with Crippen molar-refractivity contribution in [1.82, 2.24) is 4.48 Å². The fourth-order valence-corrected chi connectivity index (χ4v) is 3.26. The number of nitrogen functional groups attached to an aromatic ring is 1. The predicted octanol–water partition coefficient (Wildman–Crippen LogP) is 3.76. The average Bonchev–Trinajstić information content (AvgIpc) is 2.55. The van der Waals surface area contributed by atoms with Crippen LogP contribution in [0.5, 0.6) is 5.75 Å². The molecule has 0 bridgehead atoms. The van der Waals surface area contributed by atoms with E-state index in [4.69, 9.17) is 11.1 Å². The minimum absolute atomic E-state index is 0.0273. The number of nitrogens with zero attached hydrogens (tertiary/aromatic N) is 1. The first-order valence-corrected chi connectivity index (χ1v) is 8.74. The van der Waals surface area contributed by atoms with Gasteiger partial charge in [0.2, 0.25) is 5.78 Å². The van der Waals surface area contributed by atoms with E-state index in [0.717, 1.165) is 11.4 Å². The number of halogens is 1. The van der Waals surface area contributed by atoms with Crippen LogP contribution in [-0.4, -0.2) is 37.7 Å². The number of nitrogens with one attached hydrogen (secondary N) is 2. The van der Waals surface area contributed by atoms with Gasteiger partial charge in [-0.05, 0) is 40.2 Å². The van der Waals surface area contributed by atoms with E-state index in [1.165, 1.54) is 12.1 Å². The van der Waals surface area contributed by atoms with E-state index in [1.54, 1.807) is 0 Å². The quantitative estimate of drug-likeness (QED) is 0.265. The molecule has 0 spiro atoms. The first-order valence-electron chi connectivity index (χ1n) is 7.95. The minimum atomic E-state index is -0.345. The van der Waals surface area contributed by atoms with Gasteiger partial charge >= 0.3 is 0 Å². The molecule has 0 aromatic heterocycles. The Morgan fingerprint density at radius 3 is 2.54 bits per heavy atom. The van der Waals surface area contributed by atoms with Crippen molar-refractivity contribution in [2.75, 3.05) is 32.2 Å². The van der Waals surface area contributed by atoms with Crippen LogP contribution in [-0.2, 0) is 0 Å². The van der Waals surface area contributed by atoms with Crippen molar-refractivity contribution in [2.24, 2.45) is 0 Å². The van der Waals surface area contributed by atoms with Gasteiger partial charge in [-0.3, -0.25) is 9.28 Å². The molecule has 6 nitrogen and oxygen atoms in total. The molecule has 0 amide bonds. The molecule has 0 saturated heterocycles. The summed E-state index contributed by atoms with van der Waals surface area (Å²) in [5.41, 5.74) is 8.79. The molecule has 0 radical (unpaired) electrons. The number of fused-ring (bicyclic) bond motifs is 1. The first-order chi connectivity index (χ1) is 12.1. The van der Waals surface area contributed by atoms with Gasteiger partial charge in [0.15, 0.2) is 0 Å². The van der Waals surface area contributed by atoms with Crippen LogP contribution in [0.4, 0.5) is 22.7 Å². The summed E-state index contributed by atoms with van der Waals surface area (Å²) in [5, 5.41) is 21.9. The van der Waals surface area contributed by atoms with Gasteiger partial charge in [0.1, 0.15) is 11.4 Å². The number of allylic oxidation sites excluding steroid dienone is 2. The van der Waals surface area contributed by atoms with Crippen LogP contribution in [0.25, 0.3) is 0 Å². The van der Waals surface area contributed by atoms with E-state index >= 15 is 0 Å². The van der Waals surface area contributed by atoms with Crippen molar-refractivity contribution in [2.45, 2.75) is 0 Å². The SMILES string of the molecule is C[N+](C)(C)c1cccc(Nc2cc(N)c3c(c2O)C(=N)C=C(Br)C3=O)c1. The van der Waals surface area contributed by atoms with E-state index in [0.29, 0.717) is 10.2 Å². The van der Waals surface area contributed by atoms with Gasteiger partial charge in [-0.25, -0.2) is 0 Å². The highest BCUT2D eigenvalue weighted by Crippen LogP contribution is 2.40. The Morgan fingerprint density at radius 1 is 1.19 bits per heavy atom. The van der Waals surface area contributed by atoms with Gasteiger partial charge in [0.05, 0.1) is 48.2 Å². The largest absolute Gasteiger partial charge is 0.505 e. The molecule has 2 aromatic rings. The minimum Gasteiger partial charge on any atom is -0.505 e. The number of nitrogens with two attached hydrogens (primary N) is 1.